The van der Waals surface area contributed by atoms with Gasteiger partial charge in [0.1, 0.15) is 0 Å². The zero-order chi connectivity index (χ0) is 10.6. The van der Waals surface area contributed by atoms with Gasteiger partial charge in [-0.25, -0.2) is 0 Å². The quantitative estimate of drug-likeness (QED) is 0.351. The van der Waals surface area contributed by atoms with E-state index in [2.05, 4.69) is 16.7 Å². The summed E-state index contributed by atoms with van der Waals surface area (Å²) in [7, 11) is 0. The van der Waals surface area contributed by atoms with Crippen LogP contribution in [0.2, 0.25) is 0 Å². The molecule has 0 atom stereocenters. The van der Waals surface area contributed by atoms with Gasteiger partial charge >= 0.3 is 92.6 Å². The summed E-state index contributed by atoms with van der Waals surface area (Å²) in [6, 6.07) is 0. The Morgan fingerprint density at radius 3 is 3.00 bits per heavy atom. The minimum atomic E-state index is -0.253. The fraction of sp³-hybridized carbons (Fsp3) is 0.222. The van der Waals surface area contributed by atoms with Crippen LogP contribution in [-0.4, -0.2) is 20.8 Å². The van der Waals surface area contributed by atoms with Crippen LogP contribution in [0, 0.1) is 10.5 Å². The molecule has 1 aromatic rings. The molecule has 0 amide bonds. The summed E-state index contributed by atoms with van der Waals surface area (Å²) < 4.78 is 2.08. The first-order valence-electron chi connectivity index (χ1n) is 3.94. The number of aromatic nitrogens is 2. The molecule has 1 rings (SSSR count). The molecule has 76 valence electrons. The summed E-state index contributed by atoms with van der Waals surface area (Å²) in [5.74, 6) is 0.592. The van der Waals surface area contributed by atoms with Crippen LogP contribution in [0.25, 0.3) is 0 Å². The van der Waals surface area contributed by atoms with Crippen LogP contribution in [0.3, 0.4) is 0 Å². The van der Waals surface area contributed by atoms with Gasteiger partial charge in [0.05, 0.1) is 0 Å². The second-order valence-electron chi connectivity index (χ2n) is 2.46. The van der Waals surface area contributed by atoms with Crippen molar-refractivity contribution in [1.82, 2.24) is 9.66 Å². The molecule has 0 aliphatic carbocycles. The van der Waals surface area contributed by atoms with Crippen molar-refractivity contribution in [2.45, 2.75) is 6.92 Å². The predicted molar refractivity (Wildman–Crippen MR) is 51.9 cm³/mol. The Labute approximate surface area is 92.6 Å². The minimum absolute atomic E-state index is 0.0640. The van der Waals surface area contributed by atoms with Gasteiger partial charge in [0.15, 0.2) is 0 Å². The monoisotopic (exact) mass is 304 g/mol. The Hall–Kier alpha value is -0.980. The molecule has 0 aromatic carbocycles. The second kappa shape index (κ2) is 5.04. The van der Waals surface area contributed by atoms with E-state index in [0.717, 1.165) is 3.57 Å². The van der Waals surface area contributed by atoms with Gasteiger partial charge in [0, 0.05) is 0 Å². The molecular weight excluding hydrogens is 293 g/mol. The van der Waals surface area contributed by atoms with Crippen LogP contribution in [0.5, 0.6) is 0 Å². The number of allylic oxidation sites excluding steroid dienone is 1. The van der Waals surface area contributed by atoms with Crippen LogP contribution in [0.1, 0.15) is 5.82 Å². The maximum absolute atomic E-state index is 11.7. The van der Waals surface area contributed by atoms with Crippen LogP contribution < -0.4 is 26.8 Å². The molecule has 0 saturated heterocycles. The zero-order valence-corrected chi connectivity index (χ0v) is 10.2. The molecule has 4 nitrogen and oxygen atoms in total. The molecule has 0 unspecified atom stereocenters. The van der Waals surface area contributed by atoms with Gasteiger partial charge in [-0.1, -0.05) is 0 Å². The molecule has 14 heavy (non-hydrogen) atoms. The Balaban J connectivity index is 3.32. The van der Waals surface area contributed by atoms with E-state index in [1.165, 1.54) is 17.0 Å². The van der Waals surface area contributed by atoms with E-state index in [0.29, 0.717) is 5.82 Å². The number of rotatable bonds is 3. The van der Waals surface area contributed by atoms with Crippen molar-refractivity contribution in [3.05, 3.63) is 38.6 Å². The van der Waals surface area contributed by atoms with E-state index in [9.17, 15) is 4.79 Å². The van der Waals surface area contributed by atoms with Gasteiger partial charge in [-0.15, -0.1) is 0 Å². The number of hydrogen-bond acceptors (Lipinski definition) is 3. The second-order valence-corrected chi connectivity index (χ2v) is 4.70. The molecule has 1 heterocycles. The van der Waals surface area contributed by atoms with Crippen LogP contribution >= 0.6 is 0 Å². The van der Waals surface area contributed by atoms with Crippen molar-refractivity contribution < 1.29 is 21.2 Å². The third kappa shape index (κ3) is 2.28. The van der Waals surface area contributed by atoms with E-state index in [4.69, 9.17) is 0 Å². The van der Waals surface area contributed by atoms with Crippen LogP contribution in [-0.2, 0) is 0 Å². The van der Waals surface area contributed by atoms with Crippen molar-refractivity contribution >= 4 is 6.21 Å². The van der Waals surface area contributed by atoms with Gasteiger partial charge in [-0.05, 0) is 0 Å². The first-order chi connectivity index (χ1) is 6.70. The molecule has 0 spiro atoms. The van der Waals surface area contributed by atoms with Gasteiger partial charge < -0.3 is 0 Å². The first kappa shape index (κ1) is 11.1. The molecule has 0 radical (unpaired) electrons. The fourth-order valence-electron chi connectivity index (χ4n) is 0.888. The van der Waals surface area contributed by atoms with Crippen LogP contribution in [0.15, 0.2) is 28.7 Å². The number of nitrogens with zero attached hydrogens (tertiary/aromatic N) is 3. The van der Waals surface area contributed by atoms with E-state index < -0.39 is 0 Å². The Kier molecular flexibility index (Phi) is 3.99. The number of aryl methyl sites for hydroxylation is 1. The molecule has 0 aliphatic heterocycles. The predicted octanol–water partition coefficient (Wildman–Crippen LogP) is -2.54. The summed E-state index contributed by atoms with van der Waals surface area (Å²) in [5, 5.41) is 3.95. The Morgan fingerprint density at radius 1 is 1.71 bits per heavy atom. The Morgan fingerprint density at radius 2 is 2.43 bits per heavy atom. The van der Waals surface area contributed by atoms with Gasteiger partial charge in [-0.3, -0.25) is 0 Å². The zero-order valence-electron chi connectivity index (χ0n) is 8.07. The van der Waals surface area contributed by atoms with Crippen molar-refractivity contribution in [2.24, 2.45) is 5.10 Å². The van der Waals surface area contributed by atoms with E-state index in [-0.39, 0.29) is 26.8 Å². The topological polar surface area (TPSA) is 47.2 Å². The summed E-state index contributed by atoms with van der Waals surface area (Å²) >= 11 is -0.253. The average molecular weight is 304 g/mol. The van der Waals surface area contributed by atoms with E-state index in [1.54, 1.807) is 13.1 Å². The summed E-state index contributed by atoms with van der Waals surface area (Å²) in [6.07, 6.45) is 4.65. The normalized spacial score (nSPS) is 11.0. The Bertz CT molecular complexity index is 423. The van der Waals surface area contributed by atoms with Crippen molar-refractivity contribution in [3.8, 4) is 0 Å². The SMILES string of the molecule is C=C/C=N\n1c(C)ncc([I-]C)c1=O. The third-order valence-corrected chi connectivity index (χ3v) is 3.46. The van der Waals surface area contributed by atoms with Gasteiger partial charge in [0.25, 0.3) is 0 Å². The molecule has 0 fully saturated rings. The molecule has 5 heteroatoms. The number of hydrogen-bond donors (Lipinski definition) is 0. The van der Waals surface area contributed by atoms with Crippen molar-refractivity contribution in [2.75, 3.05) is 4.93 Å². The molecule has 0 N–H and O–H groups in total. The van der Waals surface area contributed by atoms with E-state index in [1.807, 2.05) is 4.93 Å². The van der Waals surface area contributed by atoms with Gasteiger partial charge in [0.2, 0.25) is 0 Å². The fourth-order valence-corrected chi connectivity index (χ4v) is 2.00. The standard InChI is InChI=1S/C9H11IN3O/c1-4-5-12-13-7(2)11-6-8(10-3)9(13)14/h4-6H,1H2,2-3H3/q-1/b12-5-. The molecule has 1 aromatic heterocycles. The van der Waals surface area contributed by atoms with Crippen LogP contribution in [0.4, 0.5) is 0 Å². The van der Waals surface area contributed by atoms with Gasteiger partial charge in [-0.2, -0.15) is 0 Å². The summed E-state index contributed by atoms with van der Waals surface area (Å²) in [6.45, 7) is 5.25. The maximum atomic E-state index is 11.7. The summed E-state index contributed by atoms with van der Waals surface area (Å²) in [5.41, 5.74) is -0.0640. The van der Waals surface area contributed by atoms with Crippen molar-refractivity contribution in [3.63, 3.8) is 0 Å². The third-order valence-electron chi connectivity index (χ3n) is 1.56. The first-order valence-corrected chi connectivity index (χ1v) is 7.17. The molecule has 0 saturated carbocycles. The van der Waals surface area contributed by atoms with E-state index >= 15 is 0 Å². The number of halogens is 1. The molecule has 0 aliphatic rings. The molecule has 0 bridgehead atoms. The molecular formula is C9H11IN3O-. The average Bonchev–Trinajstić information content (AvgIpc) is 2.18. The van der Waals surface area contributed by atoms with Crippen molar-refractivity contribution in [1.29, 1.82) is 0 Å². The number of alkyl halides is 1. The summed E-state index contributed by atoms with van der Waals surface area (Å²) in [4.78, 5) is 17.9.